The Labute approximate surface area is 167 Å². The number of benzene rings is 1. The van der Waals surface area contributed by atoms with E-state index >= 15 is 0 Å². The first-order valence-corrected chi connectivity index (χ1v) is 11.7. The van der Waals surface area contributed by atoms with E-state index in [1.807, 2.05) is 5.38 Å². The van der Waals surface area contributed by atoms with Gasteiger partial charge in [-0.25, -0.2) is 17.7 Å². The molecule has 2 fully saturated rings. The number of thiazole rings is 1. The minimum atomic E-state index is -3.86. The Bertz CT molecular complexity index is 1060. The van der Waals surface area contributed by atoms with Crippen LogP contribution >= 0.6 is 11.3 Å². The molecule has 3 aliphatic rings. The maximum atomic E-state index is 13.1. The molecule has 1 unspecified atom stereocenters. The number of carbonyl (C=O) groups is 2. The third-order valence-corrected chi connectivity index (χ3v) is 8.40. The van der Waals surface area contributed by atoms with E-state index in [4.69, 9.17) is 0 Å². The number of fused-ring (bicyclic) bond motifs is 1. The SMILES string of the molecule is O=C(c1ccc2c(c1)S(=O)(=O)N(C1CC1)C2=O)N1CCCC(c2nccs2)C1. The minimum absolute atomic E-state index is 0.0382. The first kappa shape index (κ1) is 17.8. The fraction of sp³-hybridized carbons (Fsp3) is 0.421. The summed E-state index contributed by atoms with van der Waals surface area (Å²) in [6.07, 6.45) is 5.05. The average Bonchev–Trinajstić information content (AvgIpc) is 3.31. The largest absolute Gasteiger partial charge is 0.338 e. The summed E-state index contributed by atoms with van der Waals surface area (Å²) in [5.41, 5.74) is 0.482. The molecule has 9 heteroatoms. The Morgan fingerprint density at radius 3 is 2.75 bits per heavy atom. The number of likely N-dealkylation sites (tertiary alicyclic amines) is 1. The van der Waals surface area contributed by atoms with Gasteiger partial charge in [-0.1, -0.05) is 0 Å². The summed E-state index contributed by atoms with van der Waals surface area (Å²) in [5.74, 6) is -0.460. The summed E-state index contributed by atoms with van der Waals surface area (Å²) in [7, 11) is -3.86. The number of amides is 2. The number of hydrogen-bond donors (Lipinski definition) is 0. The normalized spacial score (nSPS) is 23.7. The molecule has 1 aromatic carbocycles. The van der Waals surface area contributed by atoms with Crippen molar-refractivity contribution < 1.29 is 18.0 Å². The van der Waals surface area contributed by atoms with Crippen molar-refractivity contribution in [2.45, 2.75) is 42.5 Å². The standard InChI is InChI=1S/C19H19N3O4S2/c23-18(21-8-1-2-13(11-21)17-20-7-9-27-17)12-3-6-15-16(10-12)28(25,26)22(19(15)24)14-4-5-14/h3,6-7,9-10,13-14H,1-2,4-5,8,11H2. The highest BCUT2D eigenvalue weighted by Gasteiger charge is 2.49. The van der Waals surface area contributed by atoms with Crippen LogP contribution in [0.4, 0.5) is 0 Å². The molecule has 0 spiro atoms. The third kappa shape index (κ3) is 2.76. The van der Waals surface area contributed by atoms with Crippen LogP contribution in [0.15, 0.2) is 34.7 Å². The van der Waals surface area contributed by atoms with Crippen LogP contribution in [0.2, 0.25) is 0 Å². The first-order valence-electron chi connectivity index (χ1n) is 9.38. The van der Waals surface area contributed by atoms with Crippen LogP contribution in [0, 0.1) is 0 Å². The molecule has 1 atom stereocenters. The van der Waals surface area contributed by atoms with Gasteiger partial charge in [-0.05, 0) is 43.9 Å². The topological polar surface area (TPSA) is 87.7 Å². The zero-order valence-corrected chi connectivity index (χ0v) is 16.7. The lowest BCUT2D eigenvalue weighted by molar-refractivity contribution is 0.0706. The van der Waals surface area contributed by atoms with Crippen molar-refractivity contribution in [1.29, 1.82) is 0 Å². The van der Waals surface area contributed by atoms with E-state index in [1.165, 1.54) is 12.1 Å². The van der Waals surface area contributed by atoms with E-state index in [2.05, 4.69) is 4.98 Å². The Morgan fingerprint density at radius 1 is 1.21 bits per heavy atom. The Morgan fingerprint density at radius 2 is 2.04 bits per heavy atom. The number of aromatic nitrogens is 1. The summed E-state index contributed by atoms with van der Waals surface area (Å²) in [4.78, 5) is 31.6. The molecule has 5 rings (SSSR count). The highest BCUT2D eigenvalue weighted by Crippen LogP contribution is 2.40. The molecular formula is C19H19N3O4S2. The van der Waals surface area contributed by atoms with Crippen molar-refractivity contribution in [3.8, 4) is 0 Å². The van der Waals surface area contributed by atoms with Crippen molar-refractivity contribution in [3.63, 3.8) is 0 Å². The predicted molar refractivity (Wildman–Crippen MR) is 103 cm³/mol. The second kappa shape index (κ2) is 6.38. The molecule has 1 aliphatic carbocycles. The van der Waals surface area contributed by atoms with Gasteiger partial charge in [0.05, 0.1) is 10.6 Å². The molecule has 1 saturated carbocycles. The van der Waals surface area contributed by atoms with E-state index in [1.54, 1.807) is 28.5 Å². The summed E-state index contributed by atoms with van der Waals surface area (Å²) in [6.45, 7) is 1.21. The summed E-state index contributed by atoms with van der Waals surface area (Å²) >= 11 is 1.59. The highest BCUT2D eigenvalue weighted by molar-refractivity contribution is 7.90. The van der Waals surface area contributed by atoms with E-state index in [-0.39, 0.29) is 28.3 Å². The van der Waals surface area contributed by atoms with Crippen molar-refractivity contribution in [3.05, 3.63) is 45.9 Å². The average molecular weight is 418 g/mol. The number of nitrogens with zero attached hydrogens (tertiary/aromatic N) is 3. The number of hydrogen-bond acceptors (Lipinski definition) is 6. The van der Waals surface area contributed by atoms with Gasteiger partial charge in [0, 0.05) is 42.2 Å². The molecule has 7 nitrogen and oxygen atoms in total. The summed E-state index contributed by atoms with van der Waals surface area (Å²) < 4.78 is 26.6. The van der Waals surface area contributed by atoms with E-state index in [0.29, 0.717) is 31.5 Å². The van der Waals surface area contributed by atoms with Crippen LogP contribution in [0.1, 0.15) is 57.3 Å². The van der Waals surface area contributed by atoms with Gasteiger partial charge in [-0.2, -0.15) is 0 Å². The first-order chi connectivity index (χ1) is 13.5. The molecule has 0 N–H and O–H groups in total. The van der Waals surface area contributed by atoms with Gasteiger partial charge < -0.3 is 4.90 Å². The van der Waals surface area contributed by atoms with Crippen molar-refractivity contribution in [1.82, 2.24) is 14.2 Å². The van der Waals surface area contributed by atoms with Crippen LogP contribution in [0.25, 0.3) is 0 Å². The Balaban J connectivity index is 1.43. The Kier molecular flexibility index (Phi) is 4.06. The fourth-order valence-electron chi connectivity index (χ4n) is 4.03. The van der Waals surface area contributed by atoms with Gasteiger partial charge in [-0.3, -0.25) is 9.59 Å². The molecule has 3 heterocycles. The van der Waals surface area contributed by atoms with Crippen molar-refractivity contribution in [2.24, 2.45) is 0 Å². The number of rotatable bonds is 3. The van der Waals surface area contributed by atoms with E-state index < -0.39 is 15.9 Å². The molecule has 2 amide bonds. The molecule has 2 aliphatic heterocycles. The third-order valence-electron chi connectivity index (χ3n) is 5.58. The minimum Gasteiger partial charge on any atom is -0.338 e. The van der Waals surface area contributed by atoms with Crippen LogP contribution in [0.5, 0.6) is 0 Å². The van der Waals surface area contributed by atoms with Crippen LogP contribution in [-0.2, 0) is 10.0 Å². The van der Waals surface area contributed by atoms with Gasteiger partial charge in [0.1, 0.15) is 4.90 Å². The lowest BCUT2D eigenvalue weighted by Gasteiger charge is -2.32. The second-order valence-electron chi connectivity index (χ2n) is 7.51. The maximum absolute atomic E-state index is 13.1. The fourth-order valence-corrected chi connectivity index (χ4v) is 6.64. The van der Waals surface area contributed by atoms with Crippen LogP contribution in [-0.4, -0.2) is 53.6 Å². The lowest BCUT2D eigenvalue weighted by atomic mass is 9.98. The smallest absolute Gasteiger partial charge is 0.269 e. The van der Waals surface area contributed by atoms with Gasteiger partial charge in [-0.15, -0.1) is 11.3 Å². The molecule has 28 heavy (non-hydrogen) atoms. The van der Waals surface area contributed by atoms with Crippen molar-refractivity contribution >= 4 is 33.2 Å². The molecular weight excluding hydrogens is 398 g/mol. The molecule has 2 aromatic rings. The summed E-state index contributed by atoms with van der Waals surface area (Å²) in [6, 6.07) is 4.19. The molecule has 1 aromatic heterocycles. The Hall–Kier alpha value is -2.26. The molecule has 0 radical (unpaired) electrons. The van der Waals surface area contributed by atoms with Gasteiger partial charge in [0.2, 0.25) is 0 Å². The lowest BCUT2D eigenvalue weighted by Crippen LogP contribution is -2.39. The summed E-state index contributed by atoms with van der Waals surface area (Å²) in [5, 5.41) is 2.96. The maximum Gasteiger partial charge on any atom is 0.269 e. The highest BCUT2D eigenvalue weighted by atomic mass is 32.2. The molecule has 1 saturated heterocycles. The monoisotopic (exact) mass is 417 g/mol. The number of carbonyl (C=O) groups excluding carboxylic acids is 2. The van der Waals surface area contributed by atoms with E-state index in [0.717, 1.165) is 22.2 Å². The van der Waals surface area contributed by atoms with Crippen molar-refractivity contribution in [2.75, 3.05) is 13.1 Å². The van der Waals surface area contributed by atoms with Gasteiger partial charge >= 0.3 is 0 Å². The van der Waals surface area contributed by atoms with E-state index in [9.17, 15) is 18.0 Å². The number of piperidine rings is 1. The number of sulfonamides is 1. The van der Waals surface area contributed by atoms with Gasteiger partial charge in [0.25, 0.3) is 21.8 Å². The molecule has 146 valence electrons. The van der Waals surface area contributed by atoms with Crippen LogP contribution in [0.3, 0.4) is 0 Å². The molecule has 0 bridgehead atoms. The van der Waals surface area contributed by atoms with Gasteiger partial charge in [0.15, 0.2) is 0 Å². The zero-order chi connectivity index (χ0) is 19.5. The van der Waals surface area contributed by atoms with Crippen LogP contribution < -0.4 is 0 Å². The predicted octanol–water partition coefficient (Wildman–Crippen LogP) is 2.47. The quantitative estimate of drug-likeness (QED) is 0.766. The second-order valence-corrected chi connectivity index (χ2v) is 10.2. The zero-order valence-electron chi connectivity index (χ0n) is 15.1.